The molecule has 2 aliphatic heterocycles. The Morgan fingerprint density at radius 1 is 1.34 bits per heavy atom. The van der Waals surface area contributed by atoms with Crippen LogP contribution < -0.4 is 16.6 Å². The molecule has 4 atom stereocenters. The van der Waals surface area contributed by atoms with Crippen molar-refractivity contribution < 1.29 is 26.8 Å². The Morgan fingerprint density at radius 3 is 2.69 bits per heavy atom. The average molecular weight is 445 g/mol. The number of thiocarbonyl (C=S) groups is 1. The van der Waals surface area contributed by atoms with Crippen molar-refractivity contribution in [3.05, 3.63) is 12.0 Å². The van der Waals surface area contributed by atoms with Gasteiger partial charge in [-0.2, -0.15) is 13.5 Å². The van der Waals surface area contributed by atoms with Crippen molar-refractivity contribution in [1.82, 2.24) is 19.7 Å². The zero-order valence-corrected chi connectivity index (χ0v) is 17.0. The van der Waals surface area contributed by atoms with Crippen LogP contribution in [0.25, 0.3) is 11.0 Å². The Hall–Kier alpha value is -2.01. The van der Waals surface area contributed by atoms with Crippen molar-refractivity contribution in [2.45, 2.75) is 44.2 Å². The third-order valence-electron chi connectivity index (χ3n) is 4.51. The fourth-order valence-corrected chi connectivity index (χ4v) is 3.96. The van der Waals surface area contributed by atoms with E-state index in [2.05, 4.69) is 15.1 Å². The number of nitrogen functional groups attached to an aromatic ring is 1. The Labute approximate surface area is 170 Å². The average Bonchev–Trinajstić information content (AvgIpc) is 3.22. The van der Waals surface area contributed by atoms with Crippen molar-refractivity contribution in [3.8, 4) is 0 Å². The van der Waals surface area contributed by atoms with E-state index in [-0.39, 0.29) is 23.1 Å². The molecule has 0 aromatic carbocycles. The monoisotopic (exact) mass is 445 g/mol. The second-order valence-corrected chi connectivity index (χ2v) is 8.68. The first-order chi connectivity index (χ1) is 13.5. The third-order valence-corrected chi connectivity index (χ3v) is 5.17. The molecule has 2 saturated heterocycles. The summed E-state index contributed by atoms with van der Waals surface area (Å²) in [7, 11) is -4.17. The summed E-state index contributed by atoms with van der Waals surface area (Å²) in [6, 6.07) is 0. The Kier molecular flexibility index (Phi) is 4.73. The van der Waals surface area contributed by atoms with Gasteiger partial charge in [-0.1, -0.05) is 12.2 Å². The van der Waals surface area contributed by atoms with E-state index in [0.717, 1.165) is 0 Å². The van der Waals surface area contributed by atoms with Gasteiger partial charge in [0.25, 0.3) is 0 Å². The second kappa shape index (κ2) is 6.76. The van der Waals surface area contributed by atoms with Crippen LogP contribution in [-0.2, 0) is 28.7 Å². The number of fused-ring (bicyclic) bond motifs is 2. The van der Waals surface area contributed by atoms with E-state index in [9.17, 15) is 8.42 Å². The minimum absolute atomic E-state index is 0.00262. The molecule has 0 amide bonds. The van der Waals surface area contributed by atoms with Crippen molar-refractivity contribution in [2.75, 3.05) is 12.3 Å². The van der Waals surface area contributed by atoms with E-state index in [4.69, 9.17) is 47.2 Å². The molecule has 0 unspecified atom stereocenters. The molecule has 0 saturated carbocycles. The normalized spacial score (nSPS) is 28.7. The quantitative estimate of drug-likeness (QED) is 0.460. The Morgan fingerprint density at radius 2 is 2.03 bits per heavy atom. The lowest BCUT2D eigenvalue weighted by atomic mass is 10.1. The molecule has 2 fully saturated rings. The minimum atomic E-state index is -4.17. The van der Waals surface area contributed by atoms with Crippen molar-refractivity contribution >= 4 is 44.4 Å². The summed E-state index contributed by atoms with van der Waals surface area (Å²) in [5.74, 6) is -0.795. The topological polar surface area (TPSA) is 193 Å². The molecule has 158 valence electrons. The highest BCUT2D eigenvalue weighted by Gasteiger charge is 2.57. The number of nitrogens with zero attached hydrogens (tertiary/aromatic N) is 4. The van der Waals surface area contributed by atoms with Crippen LogP contribution in [0.3, 0.4) is 0 Å². The van der Waals surface area contributed by atoms with E-state index in [0.29, 0.717) is 11.0 Å². The molecule has 15 heteroatoms. The second-order valence-electron chi connectivity index (χ2n) is 7.02. The lowest BCUT2D eigenvalue weighted by Gasteiger charge is -2.24. The van der Waals surface area contributed by atoms with Gasteiger partial charge in [-0.05, 0) is 13.8 Å². The molecule has 4 heterocycles. The molecule has 0 spiro atoms. The smallest absolute Gasteiger partial charge is 0.333 e. The van der Waals surface area contributed by atoms with Crippen molar-refractivity contribution in [3.63, 3.8) is 0 Å². The molecule has 2 aliphatic rings. The zero-order chi connectivity index (χ0) is 21.1. The molecule has 0 aliphatic carbocycles. The first kappa shape index (κ1) is 20.3. The van der Waals surface area contributed by atoms with Crippen LogP contribution >= 0.6 is 12.2 Å². The molecule has 2 aromatic rings. The van der Waals surface area contributed by atoms with Gasteiger partial charge in [-0.3, -0.25) is 4.18 Å². The summed E-state index contributed by atoms with van der Waals surface area (Å²) in [5.41, 5.74) is 12.3. The molecular weight excluding hydrogens is 426 g/mol. The molecule has 4 rings (SSSR count). The van der Waals surface area contributed by atoms with Gasteiger partial charge < -0.3 is 25.7 Å². The van der Waals surface area contributed by atoms with E-state index in [1.165, 1.54) is 11.0 Å². The van der Waals surface area contributed by atoms with Crippen LogP contribution in [0.15, 0.2) is 6.33 Å². The lowest BCUT2D eigenvalue weighted by Crippen LogP contribution is -2.34. The van der Waals surface area contributed by atoms with Crippen LogP contribution in [-0.4, -0.2) is 63.9 Å². The standard InChI is InChI=1S/C14H19N7O6S2/c1-14(2)26-8-5(3-24-29(17,22)23)25-13(9(8)27-14)21-12-6(7(20-21)11(16)28)10(15)18-4-19-12/h4-5,8-9,13H,3H2,1-2H3,(H2,16,28)(H2,15,18,19)(H2,17,22,23)/t5-,8-,9-,13-/m1/s1. The van der Waals surface area contributed by atoms with Gasteiger partial charge in [-0.15, -0.1) is 0 Å². The largest absolute Gasteiger partial charge is 0.388 e. The van der Waals surface area contributed by atoms with Crippen LogP contribution in [0.4, 0.5) is 5.82 Å². The fraction of sp³-hybridized carbons (Fsp3) is 0.571. The molecule has 6 N–H and O–H groups in total. The molecule has 13 nitrogen and oxygen atoms in total. The number of anilines is 1. The Balaban J connectivity index is 1.77. The van der Waals surface area contributed by atoms with Crippen molar-refractivity contribution in [2.24, 2.45) is 10.9 Å². The highest BCUT2D eigenvalue weighted by atomic mass is 32.2. The highest BCUT2D eigenvalue weighted by Crippen LogP contribution is 2.44. The summed E-state index contributed by atoms with van der Waals surface area (Å²) in [4.78, 5) is 8.18. The van der Waals surface area contributed by atoms with Crippen molar-refractivity contribution in [1.29, 1.82) is 0 Å². The maximum atomic E-state index is 11.2. The maximum absolute atomic E-state index is 11.2. The van der Waals surface area contributed by atoms with Gasteiger partial charge in [0.2, 0.25) is 0 Å². The minimum Gasteiger partial charge on any atom is -0.388 e. The van der Waals surface area contributed by atoms with Gasteiger partial charge in [0.1, 0.15) is 41.1 Å². The fourth-order valence-electron chi connectivity index (χ4n) is 3.50. The number of aromatic nitrogens is 4. The van der Waals surface area contributed by atoms with Gasteiger partial charge in [-0.25, -0.2) is 19.8 Å². The first-order valence-electron chi connectivity index (χ1n) is 8.43. The van der Waals surface area contributed by atoms with Gasteiger partial charge in [0, 0.05) is 0 Å². The summed E-state index contributed by atoms with van der Waals surface area (Å²) < 4.78 is 46.3. The van der Waals surface area contributed by atoms with E-state index in [1.807, 2.05) is 0 Å². The lowest BCUT2D eigenvalue weighted by molar-refractivity contribution is -0.200. The Bertz CT molecular complexity index is 1090. The molecule has 0 radical (unpaired) electrons. The van der Waals surface area contributed by atoms with Crippen LogP contribution in [0, 0.1) is 0 Å². The number of nitrogens with two attached hydrogens (primary N) is 3. The van der Waals surface area contributed by atoms with Gasteiger partial charge in [0.15, 0.2) is 17.7 Å². The summed E-state index contributed by atoms with van der Waals surface area (Å²) >= 11 is 5.07. The molecule has 0 bridgehead atoms. The summed E-state index contributed by atoms with van der Waals surface area (Å²) in [5, 5.41) is 9.71. The van der Waals surface area contributed by atoms with Gasteiger partial charge in [0.05, 0.1) is 12.0 Å². The maximum Gasteiger partial charge on any atom is 0.333 e. The molecule has 2 aromatic heterocycles. The molecule has 29 heavy (non-hydrogen) atoms. The number of hydrogen-bond donors (Lipinski definition) is 3. The van der Waals surface area contributed by atoms with E-state index in [1.54, 1.807) is 13.8 Å². The van der Waals surface area contributed by atoms with Crippen LogP contribution in [0.2, 0.25) is 0 Å². The summed E-state index contributed by atoms with van der Waals surface area (Å²) in [6.45, 7) is 3.08. The SMILES string of the molecule is CC1(C)O[C@@H]2[C@H](O1)[C@@H](COS(N)(=O)=O)O[C@H]2n1nc(C(N)=S)c2c(N)ncnc21. The summed E-state index contributed by atoms with van der Waals surface area (Å²) in [6.07, 6.45) is -1.70. The number of ether oxygens (including phenoxy) is 3. The zero-order valence-electron chi connectivity index (χ0n) is 15.4. The predicted molar refractivity (Wildman–Crippen MR) is 102 cm³/mol. The van der Waals surface area contributed by atoms with E-state index < -0.39 is 40.6 Å². The predicted octanol–water partition coefficient (Wildman–Crippen LogP) is -1.32. The third kappa shape index (κ3) is 3.65. The number of rotatable bonds is 5. The molecular formula is C14H19N7O6S2. The van der Waals surface area contributed by atoms with Crippen LogP contribution in [0.1, 0.15) is 25.8 Å². The van der Waals surface area contributed by atoms with Crippen LogP contribution in [0.5, 0.6) is 0 Å². The van der Waals surface area contributed by atoms with E-state index >= 15 is 0 Å². The van der Waals surface area contributed by atoms with Gasteiger partial charge >= 0.3 is 10.3 Å². The number of hydrogen-bond acceptors (Lipinski definition) is 11. The first-order valence-corrected chi connectivity index (χ1v) is 10.3. The highest BCUT2D eigenvalue weighted by molar-refractivity contribution is 7.84.